The number of rotatable bonds is 3. The zero-order valence-electron chi connectivity index (χ0n) is 10.9. The largest absolute Gasteiger partial charge is 0.352 e. The number of nitrogens with one attached hydrogen (secondary N) is 1. The van der Waals surface area contributed by atoms with Gasteiger partial charge in [-0.2, -0.15) is 0 Å². The van der Waals surface area contributed by atoms with Crippen LogP contribution in [-0.4, -0.2) is 18.0 Å². The van der Waals surface area contributed by atoms with Crippen LogP contribution in [0, 0.1) is 0 Å². The Kier molecular flexibility index (Phi) is 4.37. The second-order valence-electron chi connectivity index (χ2n) is 5.26. The van der Waals surface area contributed by atoms with Gasteiger partial charge in [0.25, 0.3) is 0 Å². The van der Waals surface area contributed by atoms with E-state index in [0.717, 1.165) is 25.7 Å². The molecule has 1 aliphatic rings. The smallest absolute Gasteiger partial charge is 0.236 e. The van der Waals surface area contributed by atoms with Gasteiger partial charge in [-0.05, 0) is 44.1 Å². The Morgan fingerprint density at radius 2 is 1.83 bits per heavy atom. The summed E-state index contributed by atoms with van der Waals surface area (Å²) in [6.07, 6.45) is 4.40. The number of hydrogen-bond donors (Lipinski definition) is 2. The average Bonchev–Trinajstić information content (AvgIpc) is 2.40. The SMILES string of the molecule is C[C@H](N)C(=O)NC1CCC(c2ccccc2)CC1. The van der Waals surface area contributed by atoms with E-state index in [1.165, 1.54) is 5.56 Å². The normalized spacial score (nSPS) is 25.4. The standard InChI is InChI=1S/C15H22N2O/c1-11(16)15(18)17-14-9-7-13(8-10-14)12-5-3-2-4-6-12/h2-6,11,13-14H,7-10,16H2,1H3,(H,17,18)/t11-,13?,14?/m0/s1. The number of nitrogens with two attached hydrogens (primary N) is 1. The Morgan fingerprint density at radius 1 is 1.22 bits per heavy atom. The van der Waals surface area contributed by atoms with Gasteiger partial charge in [-0.3, -0.25) is 4.79 Å². The lowest BCUT2D eigenvalue weighted by Crippen LogP contribution is -2.45. The molecule has 1 aromatic rings. The summed E-state index contributed by atoms with van der Waals surface area (Å²) in [5.41, 5.74) is 6.98. The number of benzene rings is 1. The van der Waals surface area contributed by atoms with Gasteiger partial charge in [-0.15, -0.1) is 0 Å². The highest BCUT2D eigenvalue weighted by atomic mass is 16.2. The Balaban J connectivity index is 1.83. The maximum Gasteiger partial charge on any atom is 0.236 e. The van der Waals surface area contributed by atoms with Crippen molar-refractivity contribution in [3.8, 4) is 0 Å². The van der Waals surface area contributed by atoms with Crippen LogP contribution in [0.25, 0.3) is 0 Å². The lowest BCUT2D eigenvalue weighted by molar-refractivity contribution is -0.122. The zero-order valence-corrected chi connectivity index (χ0v) is 10.9. The molecule has 18 heavy (non-hydrogen) atoms. The minimum absolute atomic E-state index is 0.0295. The van der Waals surface area contributed by atoms with Crippen molar-refractivity contribution in [1.29, 1.82) is 0 Å². The Hall–Kier alpha value is -1.35. The highest BCUT2D eigenvalue weighted by Crippen LogP contribution is 2.32. The highest BCUT2D eigenvalue weighted by Gasteiger charge is 2.23. The molecule has 0 radical (unpaired) electrons. The molecule has 0 spiro atoms. The van der Waals surface area contributed by atoms with E-state index in [2.05, 4.69) is 35.6 Å². The molecule has 3 nitrogen and oxygen atoms in total. The monoisotopic (exact) mass is 246 g/mol. The van der Waals surface area contributed by atoms with Gasteiger partial charge in [0.05, 0.1) is 6.04 Å². The molecule has 1 atom stereocenters. The number of carbonyl (C=O) groups excluding carboxylic acids is 1. The Bertz CT molecular complexity index is 381. The summed E-state index contributed by atoms with van der Waals surface area (Å²) in [5, 5.41) is 3.03. The topological polar surface area (TPSA) is 55.1 Å². The van der Waals surface area contributed by atoms with E-state index in [1.807, 2.05) is 0 Å². The highest BCUT2D eigenvalue weighted by molar-refractivity contribution is 5.81. The summed E-state index contributed by atoms with van der Waals surface area (Å²) in [4.78, 5) is 11.5. The summed E-state index contributed by atoms with van der Waals surface area (Å²) in [5.74, 6) is 0.618. The summed E-state index contributed by atoms with van der Waals surface area (Å²) >= 11 is 0. The number of amides is 1. The van der Waals surface area contributed by atoms with E-state index in [4.69, 9.17) is 5.73 Å². The van der Waals surface area contributed by atoms with Gasteiger partial charge in [0.1, 0.15) is 0 Å². The second kappa shape index (κ2) is 6.01. The van der Waals surface area contributed by atoms with Gasteiger partial charge in [-0.1, -0.05) is 30.3 Å². The quantitative estimate of drug-likeness (QED) is 0.859. The predicted octanol–water partition coefficient (Wildman–Crippen LogP) is 2.18. The van der Waals surface area contributed by atoms with Crippen molar-refractivity contribution in [3.05, 3.63) is 35.9 Å². The van der Waals surface area contributed by atoms with Crippen LogP contribution in [-0.2, 0) is 4.79 Å². The maximum absolute atomic E-state index is 11.5. The fourth-order valence-electron chi connectivity index (χ4n) is 2.63. The first-order valence-corrected chi connectivity index (χ1v) is 6.77. The molecular weight excluding hydrogens is 224 g/mol. The first-order valence-electron chi connectivity index (χ1n) is 6.77. The van der Waals surface area contributed by atoms with Crippen molar-refractivity contribution in [2.45, 2.75) is 50.6 Å². The van der Waals surface area contributed by atoms with Gasteiger partial charge in [0, 0.05) is 6.04 Å². The van der Waals surface area contributed by atoms with E-state index in [1.54, 1.807) is 6.92 Å². The molecule has 2 rings (SSSR count). The van der Waals surface area contributed by atoms with Crippen molar-refractivity contribution < 1.29 is 4.79 Å². The van der Waals surface area contributed by atoms with Gasteiger partial charge in [-0.25, -0.2) is 0 Å². The molecular formula is C15H22N2O. The second-order valence-corrected chi connectivity index (χ2v) is 5.26. The molecule has 0 unspecified atom stereocenters. The first kappa shape index (κ1) is 13.1. The van der Waals surface area contributed by atoms with Crippen LogP contribution < -0.4 is 11.1 Å². The van der Waals surface area contributed by atoms with E-state index in [9.17, 15) is 4.79 Å². The van der Waals surface area contributed by atoms with Crippen LogP contribution in [0.5, 0.6) is 0 Å². The summed E-state index contributed by atoms with van der Waals surface area (Å²) in [6, 6.07) is 10.5. The van der Waals surface area contributed by atoms with Crippen LogP contribution in [0.3, 0.4) is 0 Å². The Morgan fingerprint density at radius 3 is 2.39 bits per heavy atom. The van der Waals surface area contributed by atoms with Crippen molar-refractivity contribution in [2.75, 3.05) is 0 Å². The molecule has 1 amide bonds. The van der Waals surface area contributed by atoms with Crippen LogP contribution in [0.4, 0.5) is 0 Å². The number of hydrogen-bond acceptors (Lipinski definition) is 2. The van der Waals surface area contributed by atoms with Crippen LogP contribution >= 0.6 is 0 Å². The van der Waals surface area contributed by atoms with Gasteiger partial charge in [0.2, 0.25) is 5.91 Å². The first-order chi connectivity index (χ1) is 8.66. The van der Waals surface area contributed by atoms with Crippen molar-refractivity contribution in [1.82, 2.24) is 5.32 Å². The summed E-state index contributed by atoms with van der Waals surface area (Å²) < 4.78 is 0. The fraction of sp³-hybridized carbons (Fsp3) is 0.533. The molecule has 0 aromatic heterocycles. The van der Waals surface area contributed by atoms with Crippen LogP contribution in [0.1, 0.15) is 44.1 Å². The molecule has 0 aliphatic heterocycles. The average molecular weight is 246 g/mol. The molecule has 0 bridgehead atoms. The van der Waals surface area contributed by atoms with Crippen molar-refractivity contribution >= 4 is 5.91 Å². The van der Waals surface area contributed by atoms with Crippen LogP contribution in [0.15, 0.2) is 30.3 Å². The van der Waals surface area contributed by atoms with E-state index in [-0.39, 0.29) is 5.91 Å². The third-order valence-corrected chi connectivity index (χ3v) is 3.76. The van der Waals surface area contributed by atoms with Gasteiger partial charge >= 0.3 is 0 Å². The van der Waals surface area contributed by atoms with E-state index >= 15 is 0 Å². The predicted molar refractivity (Wildman–Crippen MR) is 73.2 cm³/mol. The maximum atomic E-state index is 11.5. The number of carbonyl (C=O) groups is 1. The molecule has 1 aliphatic carbocycles. The molecule has 3 heteroatoms. The van der Waals surface area contributed by atoms with Crippen molar-refractivity contribution in [3.63, 3.8) is 0 Å². The molecule has 1 saturated carbocycles. The summed E-state index contributed by atoms with van der Waals surface area (Å²) in [7, 11) is 0. The zero-order chi connectivity index (χ0) is 13.0. The van der Waals surface area contributed by atoms with Gasteiger partial charge in [0.15, 0.2) is 0 Å². The molecule has 1 fully saturated rings. The molecule has 98 valence electrons. The van der Waals surface area contributed by atoms with Crippen LogP contribution in [0.2, 0.25) is 0 Å². The van der Waals surface area contributed by atoms with E-state index < -0.39 is 6.04 Å². The third kappa shape index (κ3) is 3.33. The summed E-state index contributed by atoms with van der Waals surface area (Å²) in [6.45, 7) is 1.73. The lowest BCUT2D eigenvalue weighted by atomic mass is 9.82. The fourth-order valence-corrected chi connectivity index (χ4v) is 2.63. The molecule has 0 saturated heterocycles. The lowest BCUT2D eigenvalue weighted by Gasteiger charge is -2.29. The molecule has 1 aromatic carbocycles. The van der Waals surface area contributed by atoms with Crippen molar-refractivity contribution in [2.24, 2.45) is 5.73 Å². The Labute approximate surface area is 109 Å². The molecule has 0 heterocycles. The minimum atomic E-state index is -0.406. The van der Waals surface area contributed by atoms with E-state index in [0.29, 0.717) is 12.0 Å². The third-order valence-electron chi connectivity index (χ3n) is 3.76. The van der Waals surface area contributed by atoms with Gasteiger partial charge < -0.3 is 11.1 Å². The minimum Gasteiger partial charge on any atom is -0.352 e. The molecule has 3 N–H and O–H groups in total.